The molecule has 0 heterocycles. The third-order valence-corrected chi connectivity index (χ3v) is 4.54. The monoisotopic (exact) mass is 252 g/mol. The van der Waals surface area contributed by atoms with Gasteiger partial charge >= 0.3 is 5.97 Å². The maximum atomic E-state index is 12.0. The second-order valence-electron chi connectivity index (χ2n) is 6.07. The van der Waals surface area contributed by atoms with Crippen molar-refractivity contribution in [1.82, 2.24) is 0 Å². The highest BCUT2D eigenvalue weighted by Crippen LogP contribution is 2.31. The summed E-state index contributed by atoms with van der Waals surface area (Å²) >= 11 is 0. The van der Waals surface area contributed by atoms with E-state index in [9.17, 15) is 9.59 Å². The number of rotatable bonds is 3. The molecule has 2 fully saturated rings. The first-order chi connectivity index (χ1) is 8.69. The quantitative estimate of drug-likeness (QED) is 0.572. The smallest absolute Gasteiger partial charge is 0.309 e. The van der Waals surface area contributed by atoms with Crippen LogP contribution in [0.1, 0.15) is 58.3 Å². The lowest BCUT2D eigenvalue weighted by Gasteiger charge is -2.29. The van der Waals surface area contributed by atoms with Crippen LogP contribution < -0.4 is 0 Å². The molecule has 18 heavy (non-hydrogen) atoms. The Hall–Kier alpha value is -0.860. The van der Waals surface area contributed by atoms with E-state index in [4.69, 9.17) is 4.74 Å². The van der Waals surface area contributed by atoms with Crippen molar-refractivity contribution in [2.75, 3.05) is 0 Å². The van der Waals surface area contributed by atoms with Crippen molar-refractivity contribution in [2.24, 2.45) is 17.8 Å². The Morgan fingerprint density at radius 3 is 2.17 bits per heavy atom. The van der Waals surface area contributed by atoms with Crippen LogP contribution in [-0.4, -0.2) is 18.4 Å². The van der Waals surface area contributed by atoms with Gasteiger partial charge in [-0.2, -0.15) is 0 Å². The number of hydrogen-bond acceptors (Lipinski definition) is 3. The van der Waals surface area contributed by atoms with Crippen molar-refractivity contribution in [3.05, 3.63) is 0 Å². The van der Waals surface area contributed by atoms with Gasteiger partial charge in [0.2, 0.25) is 0 Å². The minimum atomic E-state index is -0.0149. The molecule has 0 saturated heterocycles. The summed E-state index contributed by atoms with van der Waals surface area (Å²) in [6, 6.07) is 0. The van der Waals surface area contributed by atoms with Gasteiger partial charge in [0, 0.05) is 5.92 Å². The van der Waals surface area contributed by atoms with Crippen LogP contribution in [0.3, 0.4) is 0 Å². The number of ether oxygens (including phenoxy) is 1. The molecule has 0 aliphatic heterocycles. The van der Waals surface area contributed by atoms with Gasteiger partial charge in [0.25, 0.3) is 0 Å². The van der Waals surface area contributed by atoms with Crippen molar-refractivity contribution in [3.8, 4) is 0 Å². The van der Waals surface area contributed by atoms with Gasteiger partial charge in [-0.25, -0.2) is 0 Å². The molecule has 0 aromatic carbocycles. The number of esters is 1. The Morgan fingerprint density at radius 2 is 1.61 bits per heavy atom. The average molecular weight is 252 g/mol. The topological polar surface area (TPSA) is 43.4 Å². The van der Waals surface area contributed by atoms with Crippen LogP contribution in [0.15, 0.2) is 0 Å². The summed E-state index contributed by atoms with van der Waals surface area (Å²) in [5.74, 6) is 0.979. The summed E-state index contributed by atoms with van der Waals surface area (Å²) in [7, 11) is 0. The van der Waals surface area contributed by atoms with Crippen molar-refractivity contribution in [3.63, 3.8) is 0 Å². The largest absolute Gasteiger partial charge is 0.462 e. The minimum Gasteiger partial charge on any atom is -0.462 e. The van der Waals surface area contributed by atoms with Gasteiger partial charge in [0.15, 0.2) is 0 Å². The van der Waals surface area contributed by atoms with Crippen LogP contribution in [0.25, 0.3) is 0 Å². The molecule has 3 heteroatoms. The second-order valence-corrected chi connectivity index (χ2v) is 6.07. The number of hydrogen-bond donors (Lipinski definition) is 0. The Labute approximate surface area is 109 Å². The summed E-state index contributed by atoms with van der Waals surface area (Å²) < 4.78 is 5.62. The molecule has 0 radical (unpaired) electrons. The molecule has 0 bridgehead atoms. The Bertz CT molecular complexity index is 284. The lowest BCUT2D eigenvalue weighted by Crippen LogP contribution is -2.30. The van der Waals surface area contributed by atoms with Gasteiger partial charge in [-0.1, -0.05) is 6.92 Å². The molecule has 0 aromatic heterocycles. The van der Waals surface area contributed by atoms with Gasteiger partial charge in [-0.3, -0.25) is 4.79 Å². The Morgan fingerprint density at radius 1 is 1.00 bits per heavy atom. The Kier molecular flexibility index (Phi) is 4.79. The van der Waals surface area contributed by atoms with Gasteiger partial charge in [0.05, 0.1) is 5.92 Å². The van der Waals surface area contributed by atoms with Gasteiger partial charge in [-0.05, 0) is 57.3 Å². The van der Waals surface area contributed by atoms with Gasteiger partial charge in [-0.15, -0.1) is 0 Å². The van der Waals surface area contributed by atoms with Crippen LogP contribution in [0.4, 0.5) is 0 Å². The second kappa shape index (κ2) is 6.35. The molecule has 0 spiro atoms. The molecule has 0 unspecified atom stereocenters. The fourth-order valence-corrected chi connectivity index (χ4v) is 3.10. The van der Waals surface area contributed by atoms with Crippen molar-refractivity contribution < 1.29 is 14.3 Å². The predicted molar refractivity (Wildman–Crippen MR) is 69.0 cm³/mol. The summed E-state index contributed by atoms with van der Waals surface area (Å²) in [6.45, 7) is 2.26. The first-order valence-corrected chi connectivity index (χ1v) is 7.34. The lowest BCUT2D eigenvalue weighted by molar-refractivity contribution is -0.157. The zero-order chi connectivity index (χ0) is 13.0. The van der Waals surface area contributed by atoms with E-state index in [2.05, 4.69) is 6.92 Å². The van der Waals surface area contributed by atoms with Crippen LogP contribution in [0, 0.1) is 17.8 Å². The van der Waals surface area contributed by atoms with Crippen molar-refractivity contribution in [2.45, 2.75) is 64.4 Å². The predicted octanol–water partition coefficient (Wildman–Crippen LogP) is 3.11. The summed E-state index contributed by atoms with van der Waals surface area (Å²) in [4.78, 5) is 22.7. The van der Waals surface area contributed by atoms with E-state index in [1.807, 2.05) is 0 Å². The van der Waals surface area contributed by atoms with E-state index in [-0.39, 0.29) is 23.9 Å². The standard InChI is InChI=1S/C15H24O3/c1-11-2-8-14(9-3-11)18-15(17)13-6-4-12(10-16)5-7-13/h10-14H,2-9H2,1H3. The van der Waals surface area contributed by atoms with E-state index in [0.717, 1.165) is 50.7 Å². The van der Waals surface area contributed by atoms with Crippen LogP contribution in [-0.2, 0) is 14.3 Å². The highest BCUT2D eigenvalue weighted by molar-refractivity contribution is 5.73. The van der Waals surface area contributed by atoms with Crippen molar-refractivity contribution >= 4 is 12.3 Å². The lowest BCUT2D eigenvalue weighted by atomic mass is 9.82. The first kappa shape index (κ1) is 13.6. The summed E-state index contributed by atoms with van der Waals surface area (Å²) in [5, 5.41) is 0. The van der Waals surface area contributed by atoms with E-state index in [0.29, 0.717) is 0 Å². The summed E-state index contributed by atoms with van der Waals surface area (Å²) in [6.07, 6.45) is 8.94. The zero-order valence-corrected chi connectivity index (χ0v) is 11.3. The molecule has 0 aromatic rings. The van der Waals surface area contributed by atoms with Crippen molar-refractivity contribution in [1.29, 1.82) is 0 Å². The highest BCUT2D eigenvalue weighted by atomic mass is 16.5. The van der Waals surface area contributed by atoms with Crippen LogP contribution in [0.5, 0.6) is 0 Å². The van der Waals surface area contributed by atoms with E-state index < -0.39 is 0 Å². The van der Waals surface area contributed by atoms with Crippen LogP contribution in [0.2, 0.25) is 0 Å². The van der Waals surface area contributed by atoms with E-state index in [1.165, 1.54) is 12.8 Å². The molecule has 2 aliphatic carbocycles. The minimum absolute atomic E-state index is 0.0149. The Balaban J connectivity index is 1.73. The number of carbonyl (C=O) groups is 2. The van der Waals surface area contributed by atoms with Gasteiger partial charge in [0.1, 0.15) is 12.4 Å². The van der Waals surface area contributed by atoms with E-state index >= 15 is 0 Å². The molecule has 3 nitrogen and oxygen atoms in total. The molecular weight excluding hydrogens is 228 g/mol. The molecule has 0 N–H and O–H groups in total. The number of aldehydes is 1. The third-order valence-electron chi connectivity index (χ3n) is 4.54. The molecular formula is C15H24O3. The maximum Gasteiger partial charge on any atom is 0.309 e. The third kappa shape index (κ3) is 3.56. The highest BCUT2D eigenvalue weighted by Gasteiger charge is 2.29. The van der Waals surface area contributed by atoms with E-state index in [1.54, 1.807) is 0 Å². The van der Waals surface area contributed by atoms with Gasteiger partial charge < -0.3 is 9.53 Å². The fourth-order valence-electron chi connectivity index (χ4n) is 3.10. The molecule has 2 saturated carbocycles. The van der Waals surface area contributed by atoms with Crippen LogP contribution >= 0.6 is 0 Å². The molecule has 2 aliphatic rings. The SMILES string of the molecule is CC1CCC(OC(=O)C2CCC(C=O)CC2)CC1. The zero-order valence-electron chi connectivity index (χ0n) is 11.3. The molecule has 0 amide bonds. The average Bonchev–Trinajstić information content (AvgIpc) is 2.41. The molecule has 2 rings (SSSR count). The fraction of sp³-hybridized carbons (Fsp3) is 0.867. The first-order valence-electron chi connectivity index (χ1n) is 7.34. The molecule has 0 atom stereocenters. The maximum absolute atomic E-state index is 12.0. The normalized spacial score (nSPS) is 36.9. The number of carbonyl (C=O) groups excluding carboxylic acids is 2. The molecule has 102 valence electrons. The summed E-state index contributed by atoms with van der Waals surface area (Å²) in [5.41, 5.74) is 0.